The van der Waals surface area contributed by atoms with E-state index < -0.39 is 0 Å². The average Bonchev–Trinajstić information content (AvgIpc) is 3.23. The predicted molar refractivity (Wildman–Crippen MR) is 114 cm³/mol. The van der Waals surface area contributed by atoms with Gasteiger partial charge in [-0.2, -0.15) is 5.10 Å². The molecule has 0 saturated carbocycles. The molecule has 0 bridgehead atoms. The molecule has 0 saturated heterocycles. The van der Waals surface area contributed by atoms with Gasteiger partial charge in [0.25, 0.3) is 0 Å². The molecule has 1 heterocycles. The second kappa shape index (κ2) is 9.42. The lowest BCUT2D eigenvalue weighted by Crippen LogP contribution is -2.16. The number of hydrogen-bond donors (Lipinski definition) is 1. The summed E-state index contributed by atoms with van der Waals surface area (Å²) in [5.41, 5.74) is 4.37. The normalized spacial score (nSPS) is 11.9. The van der Waals surface area contributed by atoms with Gasteiger partial charge in [-0.05, 0) is 47.7 Å². The first-order valence-corrected chi connectivity index (χ1v) is 10.4. The lowest BCUT2D eigenvalue weighted by Gasteiger charge is -2.15. The second-order valence-corrected chi connectivity index (χ2v) is 7.54. The van der Waals surface area contributed by atoms with Crippen molar-refractivity contribution in [1.29, 1.82) is 0 Å². The molecule has 0 aliphatic carbocycles. The number of para-hydroxylation sites is 1. The van der Waals surface area contributed by atoms with E-state index in [0.29, 0.717) is 11.7 Å². The Morgan fingerprint density at radius 2 is 1.93 bits per heavy atom. The average molecular weight is 380 g/mol. The van der Waals surface area contributed by atoms with Gasteiger partial charge < -0.3 is 5.32 Å². The lowest BCUT2D eigenvalue weighted by atomic mass is 9.97. The lowest BCUT2D eigenvalue weighted by molar-refractivity contribution is -0.113. The predicted octanol–water partition coefficient (Wildman–Crippen LogP) is 5.26. The highest BCUT2D eigenvalue weighted by molar-refractivity contribution is 7.99. The van der Waals surface area contributed by atoms with Crippen molar-refractivity contribution in [1.82, 2.24) is 9.78 Å². The van der Waals surface area contributed by atoms with Crippen LogP contribution in [-0.4, -0.2) is 21.4 Å². The number of nitrogens with one attached hydrogen (secondary N) is 1. The summed E-state index contributed by atoms with van der Waals surface area (Å²) in [7, 11) is 0. The minimum atomic E-state index is 0.0453. The van der Waals surface area contributed by atoms with Crippen LogP contribution in [0.3, 0.4) is 0 Å². The Morgan fingerprint density at radius 1 is 1.15 bits per heavy atom. The van der Waals surface area contributed by atoms with Crippen LogP contribution in [0.4, 0.5) is 5.69 Å². The van der Waals surface area contributed by atoms with E-state index >= 15 is 0 Å². The van der Waals surface area contributed by atoms with Gasteiger partial charge in [-0.1, -0.05) is 44.2 Å². The van der Waals surface area contributed by atoms with Crippen LogP contribution < -0.4 is 5.32 Å². The zero-order chi connectivity index (χ0) is 19.1. The number of carbonyl (C=O) groups is 1. The molecule has 1 N–H and O–H groups in total. The Labute approximate surface area is 165 Å². The standard InChI is InChI=1S/C22H25N3OS/c1-3-17(2)20-7-4-5-8-21(20)24-22(26)16-27-15-18-9-11-19(12-10-18)25-14-6-13-23-25/h4-14,17H,3,15-16H2,1-2H3,(H,24,26)/t17-/m0/s1. The number of thioether (sulfide) groups is 1. The van der Waals surface area contributed by atoms with Gasteiger partial charge in [-0.15, -0.1) is 11.8 Å². The molecule has 0 aliphatic rings. The van der Waals surface area contributed by atoms with E-state index in [1.807, 2.05) is 47.3 Å². The number of amides is 1. The Hall–Kier alpha value is -2.53. The van der Waals surface area contributed by atoms with Crippen LogP contribution in [-0.2, 0) is 10.5 Å². The van der Waals surface area contributed by atoms with Crippen LogP contribution in [0.25, 0.3) is 5.69 Å². The topological polar surface area (TPSA) is 46.9 Å². The van der Waals surface area contributed by atoms with Gasteiger partial charge in [0.1, 0.15) is 0 Å². The van der Waals surface area contributed by atoms with E-state index in [1.165, 1.54) is 11.1 Å². The highest BCUT2D eigenvalue weighted by Crippen LogP contribution is 2.26. The van der Waals surface area contributed by atoms with Crippen molar-refractivity contribution in [2.24, 2.45) is 0 Å². The third kappa shape index (κ3) is 5.23. The van der Waals surface area contributed by atoms with Crippen LogP contribution >= 0.6 is 11.8 Å². The molecular formula is C22H25N3OS. The van der Waals surface area contributed by atoms with E-state index in [4.69, 9.17) is 0 Å². The third-order valence-corrected chi connectivity index (χ3v) is 5.59. The van der Waals surface area contributed by atoms with E-state index in [-0.39, 0.29) is 5.91 Å². The molecule has 0 aliphatic heterocycles. The highest BCUT2D eigenvalue weighted by Gasteiger charge is 2.11. The monoisotopic (exact) mass is 379 g/mol. The summed E-state index contributed by atoms with van der Waals surface area (Å²) in [5, 5.41) is 7.29. The molecule has 5 heteroatoms. The molecule has 140 valence electrons. The van der Waals surface area contributed by atoms with Gasteiger partial charge in [-0.25, -0.2) is 4.68 Å². The smallest absolute Gasteiger partial charge is 0.234 e. The molecule has 1 atom stereocenters. The number of carbonyl (C=O) groups excluding carboxylic acids is 1. The Kier molecular flexibility index (Phi) is 6.71. The first-order valence-electron chi connectivity index (χ1n) is 9.23. The van der Waals surface area contributed by atoms with Crippen molar-refractivity contribution in [2.75, 3.05) is 11.1 Å². The third-order valence-electron chi connectivity index (χ3n) is 4.59. The van der Waals surface area contributed by atoms with Crippen molar-refractivity contribution < 1.29 is 4.79 Å². The number of nitrogens with zero attached hydrogens (tertiary/aromatic N) is 2. The van der Waals surface area contributed by atoms with Gasteiger partial charge in [-0.3, -0.25) is 4.79 Å². The van der Waals surface area contributed by atoms with Crippen molar-refractivity contribution in [3.05, 3.63) is 78.1 Å². The number of anilines is 1. The molecule has 0 spiro atoms. The maximum Gasteiger partial charge on any atom is 0.234 e. The molecule has 4 nitrogen and oxygen atoms in total. The first-order chi connectivity index (χ1) is 13.2. The molecule has 2 aromatic carbocycles. The highest BCUT2D eigenvalue weighted by atomic mass is 32.2. The van der Waals surface area contributed by atoms with Crippen molar-refractivity contribution in [3.63, 3.8) is 0 Å². The van der Waals surface area contributed by atoms with Gasteiger partial charge in [0, 0.05) is 23.8 Å². The summed E-state index contributed by atoms with van der Waals surface area (Å²) in [6.45, 7) is 4.35. The maximum atomic E-state index is 12.3. The molecule has 1 amide bonds. The second-order valence-electron chi connectivity index (χ2n) is 6.55. The molecule has 1 aromatic heterocycles. The number of hydrogen-bond acceptors (Lipinski definition) is 3. The van der Waals surface area contributed by atoms with E-state index in [0.717, 1.165) is 23.5 Å². The minimum Gasteiger partial charge on any atom is -0.325 e. The quantitative estimate of drug-likeness (QED) is 0.581. The summed E-state index contributed by atoms with van der Waals surface area (Å²) in [6, 6.07) is 18.2. The number of aromatic nitrogens is 2. The summed E-state index contributed by atoms with van der Waals surface area (Å²) in [4.78, 5) is 12.3. The van der Waals surface area contributed by atoms with E-state index in [2.05, 4.69) is 42.5 Å². The van der Waals surface area contributed by atoms with Crippen molar-refractivity contribution in [3.8, 4) is 5.69 Å². The van der Waals surface area contributed by atoms with Gasteiger partial charge in [0.15, 0.2) is 0 Å². The van der Waals surface area contributed by atoms with Crippen LogP contribution in [0, 0.1) is 0 Å². The van der Waals surface area contributed by atoms with Crippen LogP contribution in [0.2, 0.25) is 0 Å². The van der Waals surface area contributed by atoms with Gasteiger partial charge >= 0.3 is 0 Å². The zero-order valence-electron chi connectivity index (χ0n) is 15.8. The van der Waals surface area contributed by atoms with Crippen LogP contribution in [0.15, 0.2) is 67.0 Å². The first kappa shape index (κ1) is 19.2. The summed E-state index contributed by atoms with van der Waals surface area (Å²) >= 11 is 1.62. The molecule has 0 radical (unpaired) electrons. The fraction of sp³-hybridized carbons (Fsp3) is 0.273. The molecular weight excluding hydrogens is 354 g/mol. The summed E-state index contributed by atoms with van der Waals surface area (Å²) in [6.07, 6.45) is 4.74. The van der Waals surface area contributed by atoms with Crippen molar-refractivity contribution in [2.45, 2.75) is 31.9 Å². The molecule has 27 heavy (non-hydrogen) atoms. The zero-order valence-corrected chi connectivity index (χ0v) is 16.6. The summed E-state index contributed by atoms with van der Waals surface area (Å²) in [5.74, 6) is 1.72. The van der Waals surface area contributed by atoms with Crippen LogP contribution in [0.5, 0.6) is 0 Å². The van der Waals surface area contributed by atoms with E-state index in [1.54, 1.807) is 18.0 Å². The fourth-order valence-corrected chi connectivity index (χ4v) is 3.66. The van der Waals surface area contributed by atoms with Crippen molar-refractivity contribution >= 4 is 23.4 Å². The molecule has 3 rings (SSSR count). The van der Waals surface area contributed by atoms with Crippen LogP contribution in [0.1, 0.15) is 37.3 Å². The maximum absolute atomic E-state index is 12.3. The SMILES string of the molecule is CC[C@H](C)c1ccccc1NC(=O)CSCc1ccc(-n2cccn2)cc1. The molecule has 3 aromatic rings. The van der Waals surface area contributed by atoms with Gasteiger partial charge in [0.2, 0.25) is 5.91 Å². The van der Waals surface area contributed by atoms with Gasteiger partial charge in [0.05, 0.1) is 11.4 Å². The number of rotatable bonds is 8. The Balaban J connectivity index is 1.50. The Morgan fingerprint density at radius 3 is 2.63 bits per heavy atom. The molecule has 0 fully saturated rings. The fourth-order valence-electron chi connectivity index (χ4n) is 2.87. The number of benzene rings is 2. The minimum absolute atomic E-state index is 0.0453. The molecule has 0 unspecified atom stereocenters. The largest absolute Gasteiger partial charge is 0.325 e. The Bertz CT molecular complexity index is 860. The summed E-state index contributed by atoms with van der Waals surface area (Å²) < 4.78 is 1.83. The van der Waals surface area contributed by atoms with E-state index in [9.17, 15) is 4.79 Å².